The lowest BCUT2D eigenvalue weighted by Crippen LogP contribution is -2.37. The molecule has 0 heterocycles. The summed E-state index contributed by atoms with van der Waals surface area (Å²) in [5.41, 5.74) is 6.99. The number of likely N-dealkylation sites (N-methyl/N-ethyl adjacent to an activating group) is 1. The lowest BCUT2D eigenvalue weighted by Gasteiger charge is -2.27. The van der Waals surface area contributed by atoms with Crippen molar-refractivity contribution in [3.8, 4) is 0 Å². The minimum atomic E-state index is -0.331. The third kappa shape index (κ3) is 4.76. The predicted molar refractivity (Wildman–Crippen MR) is 83.1 cm³/mol. The summed E-state index contributed by atoms with van der Waals surface area (Å²) in [7, 11) is 4.05. The van der Waals surface area contributed by atoms with Gasteiger partial charge in [-0.05, 0) is 38.2 Å². The van der Waals surface area contributed by atoms with Crippen LogP contribution in [0.1, 0.15) is 19.4 Å². The standard InChI is InChI=1S/C14H22FN3S/c1-9(2)13(8-18(3)4)17-12-6-5-10(15)7-11(12)14(16)19/h5-7,9,13,17H,8H2,1-4H3,(H2,16,19). The van der Waals surface area contributed by atoms with Gasteiger partial charge < -0.3 is 16.0 Å². The molecule has 3 N–H and O–H groups in total. The number of anilines is 1. The zero-order chi connectivity index (χ0) is 14.6. The molecule has 1 atom stereocenters. The second kappa shape index (κ2) is 6.82. The van der Waals surface area contributed by atoms with Crippen LogP contribution in [-0.4, -0.2) is 36.6 Å². The van der Waals surface area contributed by atoms with Crippen LogP contribution in [0.4, 0.5) is 10.1 Å². The van der Waals surface area contributed by atoms with Crippen molar-refractivity contribution in [2.45, 2.75) is 19.9 Å². The third-order valence-electron chi connectivity index (χ3n) is 2.95. The fourth-order valence-electron chi connectivity index (χ4n) is 1.86. The molecule has 106 valence electrons. The van der Waals surface area contributed by atoms with Gasteiger partial charge in [0.05, 0.1) is 0 Å². The average molecular weight is 283 g/mol. The maximum atomic E-state index is 13.3. The highest BCUT2D eigenvalue weighted by molar-refractivity contribution is 7.80. The summed E-state index contributed by atoms with van der Waals surface area (Å²) in [6, 6.07) is 4.72. The zero-order valence-corrected chi connectivity index (χ0v) is 12.7. The first kappa shape index (κ1) is 15.9. The zero-order valence-electron chi connectivity index (χ0n) is 11.9. The summed E-state index contributed by atoms with van der Waals surface area (Å²) >= 11 is 4.98. The minimum absolute atomic E-state index is 0.203. The maximum Gasteiger partial charge on any atom is 0.124 e. The van der Waals surface area contributed by atoms with Gasteiger partial charge in [-0.3, -0.25) is 0 Å². The van der Waals surface area contributed by atoms with E-state index in [1.54, 1.807) is 6.07 Å². The van der Waals surface area contributed by atoms with Crippen LogP contribution in [0.2, 0.25) is 0 Å². The quantitative estimate of drug-likeness (QED) is 0.787. The van der Waals surface area contributed by atoms with Gasteiger partial charge in [0, 0.05) is 23.8 Å². The van der Waals surface area contributed by atoms with Gasteiger partial charge in [0.25, 0.3) is 0 Å². The number of nitrogens with one attached hydrogen (secondary N) is 1. The molecule has 1 aromatic carbocycles. The first-order valence-corrected chi connectivity index (χ1v) is 6.72. The second-order valence-corrected chi connectivity index (χ2v) is 5.75. The van der Waals surface area contributed by atoms with Gasteiger partial charge in [-0.1, -0.05) is 26.1 Å². The number of hydrogen-bond donors (Lipinski definition) is 2. The second-order valence-electron chi connectivity index (χ2n) is 5.31. The molecular formula is C14H22FN3S. The fraction of sp³-hybridized carbons (Fsp3) is 0.500. The molecule has 0 saturated heterocycles. The Hall–Kier alpha value is -1.20. The number of nitrogens with two attached hydrogens (primary N) is 1. The van der Waals surface area contributed by atoms with E-state index >= 15 is 0 Å². The Morgan fingerprint density at radius 3 is 2.53 bits per heavy atom. The van der Waals surface area contributed by atoms with Crippen LogP contribution in [0.25, 0.3) is 0 Å². The van der Waals surface area contributed by atoms with Gasteiger partial charge in [-0.2, -0.15) is 0 Å². The largest absolute Gasteiger partial charge is 0.389 e. The molecule has 0 spiro atoms. The third-order valence-corrected chi connectivity index (χ3v) is 3.17. The number of rotatable bonds is 6. The fourth-order valence-corrected chi connectivity index (χ4v) is 2.03. The molecule has 0 aliphatic rings. The lowest BCUT2D eigenvalue weighted by atomic mass is 10.0. The van der Waals surface area contributed by atoms with Gasteiger partial charge >= 0.3 is 0 Å². The van der Waals surface area contributed by atoms with Crippen molar-refractivity contribution in [1.29, 1.82) is 0 Å². The van der Waals surface area contributed by atoms with Crippen LogP contribution in [0.3, 0.4) is 0 Å². The molecule has 3 nitrogen and oxygen atoms in total. The van der Waals surface area contributed by atoms with Crippen molar-refractivity contribution in [2.75, 3.05) is 26.0 Å². The van der Waals surface area contributed by atoms with Gasteiger partial charge in [-0.15, -0.1) is 0 Å². The van der Waals surface area contributed by atoms with Gasteiger partial charge in [-0.25, -0.2) is 4.39 Å². The van der Waals surface area contributed by atoms with E-state index in [0.29, 0.717) is 11.5 Å². The van der Waals surface area contributed by atoms with Gasteiger partial charge in [0.15, 0.2) is 0 Å². The van der Waals surface area contributed by atoms with Crippen molar-refractivity contribution < 1.29 is 4.39 Å². The minimum Gasteiger partial charge on any atom is -0.389 e. The summed E-state index contributed by atoms with van der Waals surface area (Å²) in [6.45, 7) is 5.17. The number of hydrogen-bond acceptors (Lipinski definition) is 3. The molecule has 0 aliphatic heterocycles. The molecule has 0 amide bonds. The van der Waals surface area contributed by atoms with Crippen molar-refractivity contribution >= 4 is 22.9 Å². The van der Waals surface area contributed by atoms with Crippen LogP contribution in [0.15, 0.2) is 18.2 Å². The molecule has 0 aliphatic carbocycles. The van der Waals surface area contributed by atoms with E-state index in [9.17, 15) is 4.39 Å². The maximum absolute atomic E-state index is 13.3. The van der Waals surface area contributed by atoms with Crippen LogP contribution < -0.4 is 11.1 Å². The smallest absolute Gasteiger partial charge is 0.124 e. The summed E-state index contributed by atoms with van der Waals surface area (Å²) < 4.78 is 13.3. The Morgan fingerprint density at radius 2 is 2.05 bits per heavy atom. The molecule has 19 heavy (non-hydrogen) atoms. The van der Waals surface area contributed by atoms with Crippen molar-refractivity contribution in [3.05, 3.63) is 29.6 Å². The Kier molecular flexibility index (Phi) is 5.69. The lowest BCUT2D eigenvalue weighted by molar-refractivity contribution is 0.344. The Labute approximate surface area is 120 Å². The summed E-state index contributed by atoms with van der Waals surface area (Å²) in [5.74, 6) is 0.105. The van der Waals surface area contributed by atoms with E-state index in [2.05, 4.69) is 24.1 Å². The van der Waals surface area contributed by atoms with E-state index in [1.165, 1.54) is 12.1 Å². The summed E-state index contributed by atoms with van der Waals surface area (Å²) in [4.78, 5) is 2.32. The van der Waals surface area contributed by atoms with Gasteiger partial charge in [0.1, 0.15) is 10.8 Å². The molecule has 1 aromatic rings. The van der Waals surface area contributed by atoms with Crippen molar-refractivity contribution in [3.63, 3.8) is 0 Å². The van der Waals surface area contributed by atoms with Crippen molar-refractivity contribution in [1.82, 2.24) is 4.90 Å². The van der Waals surface area contributed by atoms with E-state index in [0.717, 1.165) is 12.2 Å². The topological polar surface area (TPSA) is 41.3 Å². The van der Waals surface area contributed by atoms with Crippen LogP contribution >= 0.6 is 12.2 Å². The van der Waals surface area contributed by atoms with Crippen molar-refractivity contribution in [2.24, 2.45) is 11.7 Å². The first-order valence-electron chi connectivity index (χ1n) is 6.32. The van der Waals surface area contributed by atoms with Crippen LogP contribution in [0.5, 0.6) is 0 Å². The Bertz CT molecular complexity index is 446. The van der Waals surface area contributed by atoms with E-state index in [4.69, 9.17) is 18.0 Å². The Balaban J connectivity index is 2.99. The molecule has 0 radical (unpaired) electrons. The molecule has 0 saturated carbocycles. The molecule has 0 bridgehead atoms. The van der Waals surface area contributed by atoms with Crippen LogP contribution in [-0.2, 0) is 0 Å². The molecular weight excluding hydrogens is 261 g/mol. The average Bonchev–Trinajstić information content (AvgIpc) is 2.29. The number of thiocarbonyl (C=S) groups is 1. The molecule has 0 aromatic heterocycles. The highest BCUT2D eigenvalue weighted by Gasteiger charge is 2.16. The molecule has 0 fully saturated rings. The van der Waals surface area contributed by atoms with E-state index in [1.807, 2.05) is 14.1 Å². The summed E-state index contributed by atoms with van der Waals surface area (Å²) in [6.07, 6.45) is 0. The number of nitrogens with zero attached hydrogens (tertiary/aromatic N) is 1. The first-order chi connectivity index (χ1) is 8.81. The highest BCUT2D eigenvalue weighted by Crippen LogP contribution is 2.20. The molecule has 1 unspecified atom stereocenters. The highest BCUT2D eigenvalue weighted by atomic mass is 32.1. The normalized spacial score (nSPS) is 12.8. The molecule has 1 rings (SSSR count). The SMILES string of the molecule is CC(C)C(CN(C)C)Nc1ccc(F)cc1C(N)=S. The monoisotopic (exact) mass is 283 g/mol. The summed E-state index contributed by atoms with van der Waals surface area (Å²) in [5, 5.41) is 3.41. The van der Waals surface area contributed by atoms with Gasteiger partial charge in [0.2, 0.25) is 0 Å². The predicted octanol–water partition coefficient (Wildman–Crippen LogP) is 2.46. The van der Waals surface area contributed by atoms with Crippen LogP contribution in [0, 0.1) is 11.7 Å². The number of benzene rings is 1. The molecule has 5 heteroatoms. The Morgan fingerprint density at radius 1 is 1.42 bits per heavy atom. The number of halogens is 1. The van der Waals surface area contributed by atoms with E-state index < -0.39 is 0 Å². The van der Waals surface area contributed by atoms with E-state index in [-0.39, 0.29) is 16.8 Å².